The van der Waals surface area contributed by atoms with Gasteiger partial charge in [0.25, 0.3) is 5.91 Å². The molecule has 1 amide bonds. The third-order valence-corrected chi connectivity index (χ3v) is 4.16. The van der Waals surface area contributed by atoms with Gasteiger partial charge in [0.1, 0.15) is 25.6 Å². The number of anilines is 1. The number of amides is 1. The summed E-state index contributed by atoms with van der Waals surface area (Å²) < 4.78 is 21.6. The first-order chi connectivity index (χ1) is 12.6. The van der Waals surface area contributed by atoms with Crippen LogP contribution in [0.2, 0.25) is 5.02 Å². The lowest BCUT2D eigenvalue weighted by molar-refractivity contribution is -0.118. The second kappa shape index (κ2) is 6.76. The Bertz CT molecular complexity index is 897. The first-order valence-electron chi connectivity index (χ1n) is 7.92. The Morgan fingerprint density at radius 1 is 1.12 bits per heavy atom. The van der Waals surface area contributed by atoms with Crippen molar-refractivity contribution in [3.05, 3.63) is 46.5 Å². The third kappa shape index (κ3) is 3.25. The standard InChI is InChI=1S/C18H14ClNO6/c19-12-5-10(6-15-17(12)24-4-3-23-15)8-26-18(22)11-1-2-13-14(7-11)25-9-16(21)20-13/h1-2,5-7H,3-4,8-9H2,(H,20,21). The van der Waals surface area contributed by atoms with Crippen molar-refractivity contribution in [3.8, 4) is 17.2 Å². The summed E-state index contributed by atoms with van der Waals surface area (Å²) >= 11 is 6.17. The molecule has 2 heterocycles. The molecule has 0 spiro atoms. The minimum absolute atomic E-state index is 0.0316. The lowest BCUT2D eigenvalue weighted by atomic mass is 10.1. The number of hydrogen-bond donors (Lipinski definition) is 1. The summed E-state index contributed by atoms with van der Waals surface area (Å²) in [5.74, 6) is 0.721. The molecule has 0 aliphatic carbocycles. The van der Waals surface area contributed by atoms with Crippen LogP contribution in [0.3, 0.4) is 0 Å². The Hall–Kier alpha value is -2.93. The highest BCUT2D eigenvalue weighted by molar-refractivity contribution is 6.32. The van der Waals surface area contributed by atoms with Crippen LogP contribution in [-0.2, 0) is 16.1 Å². The van der Waals surface area contributed by atoms with Gasteiger partial charge in [0, 0.05) is 0 Å². The Morgan fingerprint density at radius 2 is 1.96 bits per heavy atom. The van der Waals surface area contributed by atoms with Gasteiger partial charge >= 0.3 is 5.97 Å². The maximum absolute atomic E-state index is 12.3. The smallest absolute Gasteiger partial charge is 0.338 e. The number of halogens is 1. The van der Waals surface area contributed by atoms with Gasteiger partial charge in [-0.1, -0.05) is 11.6 Å². The van der Waals surface area contributed by atoms with E-state index in [2.05, 4.69) is 5.32 Å². The van der Waals surface area contributed by atoms with E-state index in [1.807, 2.05) is 0 Å². The molecule has 134 valence electrons. The fraction of sp³-hybridized carbons (Fsp3) is 0.222. The van der Waals surface area contributed by atoms with Gasteiger partial charge in [-0.05, 0) is 35.9 Å². The quantitative estimate of drug-likeness (QED) is 0.830. The zero-order valence-corrected chi connectivity index (χ0v) is 14.3. The second-order valence-corrected chi connectivity index (χ2v) is 6.13. The molecular formula is C18H14ClNO6. The minimum atomic E-state index is -0.515. The average Bonchev–Trinajstić information content (AvgIpc) is 2.65. The number of carbonyl (C=O) groups excluding carboxylic acids is 2. The molecule has 0 atom stereocenters. The zero-order valence-electron chi connectivity index (χ0n) is 13.5. The van der Waals surface area contributed by atoms with E-state index in [0.717, 1.165) is 0 Å². The molecule has 4 rings (SSSR count). The van der Waals surface area contributed by atoms with E-state index in [1.165, 1.54) is 6.07 Å². The van der Waals surface area contributed by atoms with Gasteiger partial charge in [-0.2, -0.15) is 0 Å². The Balaban J connectivity index is 1.46. The van der Waals surface area contributed by atoms with Crippen LogP contribution >= 0.6 is 11.6 Å². The topological polar surface area (TPSA) is 83.1 Å². The molecule has 2 aromatic carbocycles. The van der Waals surface area contributed by atoms with Crippen molar-refractivity contribution >= 4 is 29.2 Å². The van der Waals surface area contributed by atoms with Crippen molar-refractivity contribution < 1.29 is 28.5 Å². The van der Waals surface area contributed by atoms with Crippen LogP contribution < -0.4 is 19.5 Å². The van der Waals surface area contributed by atoms with Crippen LogP contribution in [0.5, 0.6) is 17.2 Å². The maximum atomic E-state index is 12.3. The summed E-state index contributed by atoms with van der Waals surface area (Å²) in [6.07, 6.45) is 0. The third-order valence-electron chi connectivity index (χ3n) is 3.88. The summed E-state index contributed by atoms with van der Waals surface area (Å²) in [6, 6.07) is 8.11. The first-order valence-corrected chi connectivity index (χ1v) is 8.30. The molecule has 2 aliphatic heterocycles. The number of carbonyl (C=O) groups is 2. The summed E-state index contributed by atoms with van der Waals surface area (Å²) in [4.78, 5) is 23.6. The van der Waals surface area contributed by atoms with E-state index in [4.69, 9.17) is 30.5 Å². The first kappa shape index (κ1) is 16.5. The van der Waals surface area contributed by atoms with Crippen molar-refractivity contribution in [1.82, 2.24) is 0 Å². The van der Waals surface area contributed by atoms with Crippen molar-refractivity contribution in [2.45, 2.75) is 6.61 Å². The number of esters is 1. The fourth-order valence-corrected chi connectivity index (χ4v) is 2.97. The monoisotopic (exact) mass is 375 g/mol. The molecule has 0 radical (unpaired) electrons. The van der Waals surface area contributed by atoms with E-state index in [9.17, 15) is 9.59 Å². The summed E-state index contributed by atoms with van der Waals surface area (Å²) in [5.41, 5.74) is 1.54. The van der Waals surface area contributed by atoms with E-state index in [1.54, 1.807) is 24.3 Å². The van der Waals surface area contributed by atoms with Gasteiger partial charge in [-0.25, -0.2) is 4.79 Å². The minimum Gasteiger partial charge on any atom is -0.486 e. The molecule has 0 unspecified atom stereocenters. The summed E-state index contributed by atoms with van der Waals surface area (Å²) in [6.45, 7) is 0.839. The van der Waals surface area contributed by atoms with Crippen LogP contribution in [0.1, 0.15) is 15.9 Å². The molecule has 0 saturated carbocycles. The predicted octanol–water partition coefficient (Wildman–Crippen LogP) is 2.80. The van der Waals surface area contributed by atoms with Crippen LogP contribution in [-0.4, -0.2) is 31.7 Å². The Morgan fingerprint density at radius 3 is 2.85 bits per heavy atom. The van der Waals surface area contributed by atoms with Gasteiger partial charge in [-0.15, -0.1) is 0 Å². The number of fused-ring (bicyclic) bond motifs is 2. The highest BCUT2D eigenvalue weighted by Gasteiger charge is 2.20. The second-order valence-electron chi connectivity index (χ2n) is 5.73. The van der Waals surface area contributed by atoms with Crippen molar-refractivity contribution in [3.63, 3.8) is 0 Å². The molecule has 26 heavy (non-hydrogen) atoms. The molecular weight excluding hydrogens is 362 g/mol. The Labute approximate surface area is 153 Å². The number of ether oxygens (including phenoxy) is 4. The number of hydrogen-bond acceptors (Lipinski definition) is 6. The molecule has 2 aromatic rings. The van der Waals surface area contributed by atoms with Crippen LogP contribution in [0, 0.1) is 0 Å². The molecule has 8 heteroatoms. The molecule has 0 bridgehead atoms. The van der Waals surface area contributed by atoms with Crippen LogP contribution in [0.4, 0.5) is 5.69 Å². The fourth-order valence-electron chi connectivity index (χ4n) is 2.68. The number of rotatable bonds is 3. The number of benzene rings is 2. The zero-order chi connectivity index (χ0) is 18.1. The molecule has 7 nitrogen and oxygen atoms in total. The lowest BCUT2D eigenvalue weighted by Crippen LogP contribution is -2.25. The molecule has 0 aromatic heterocycles. The predicted molar refractivity (Wildman–Crippen MR) is 92.1 cm³/mol. The molecule has 1 N–H and O–H groups in total. The SMILES string of the molecule is O=C1COc2cc(C(=O)OCc3cc(Cl)c4c(c3)OCCO4)ccc2N1. The van der Waals surface area contributed by atoms with Gasteiger partial charge in [-0.3, -0.25) is 4.79 Å². The van der Waals surface area contributed by atoms with Crippen molar-refractivity contribution in [2.24, 2.45) is 0 Å². The van der Waals surface area contributed by atoms with E-state index >= 15 is 0 Å². The van der Waals surface area contributed by atoms with Crippen molar-refractivity contribution in [1.29, 1.82) is 0 Å². The van der Waals surface area contributed by atoms with Crippen LogP contribution in [0.15, 0.2) is 30.3 Å². The average molecular weight is 376 g/mol. The van der Waals surface area contributed by atoms with E-state index in [0.29, 0.717) is 52.3 Å². The molecule has 0 fully saturated rings. The molecule has 2 aliphatic rings. The van der Waals surface area contributed by atoms with Gasteiger partial charge in [0.05, 0.1) is 16.3 Å². The molecule has 0 saturated heterocycles. The lowest BCUT2D eigenvalue weighted by Gasteiger charge is -2.20. The van der Waals surface area contributed by atoms with Gasteiger partial charge in [0.2, 0.25) is 0 Å². The normalized spacial score (nSPS) is 14.7. The maximum Gasteiger partial charge on any atom is 0.338 e. The van der Waals surface area contributed by atoms with E-state index in [-0.39, 0.29) is 19.1 Å². The van der Waals surface area contributed by atoms with Crippen LogP contribution in [0.25, 0.3) is 0 Å². The van der Waals surface area contributed by atoms with Crippen molar-refractivity contribution in [2.75, 3.05) is 25.1 Å². The Kier molecular flexibility index (Phi) is 4.30. The van der Waals surface area contributed by atoms with Gasteiger partial charge in [0.15, 0.2) is 18.1 Å². The van der Waals surface area contributed by atoms with E-state index < -0.39 is 5.97 Å². The highest BCUT2D eigenvalue weighted by Crippen LogP contribution is 2.38. The van der Waals surface area contributed by atoms with Gasteiger partial charge < -0.3 is 24.3 Å². The number of nitrogens with one attached hydrogen (secondary N) is 1. The summed E-state index contributed by atoms with van der Waals surface area (Å²) in [7, 11) is 0. The summed E-state index contributed by atoms with van der Waals surface area (Å²) in [5, 5.41) is 3.07. The highest BCUT2D eigenvalue weighted by atomic mass is 35.5. The largest absolute Gasteiger partial charge is 0.486 e.